The van der Waals surface area contributed by atoms with Crippen molar-refractivity contribution in [1.82, 2.24) is 0 Å². The molecule has 2 atom stereocenters. The Morgan fingerprint density at radius 3 is 2.72 bits per heavy atom. The lowest BCUT2D eigenvalue weighted by Gasteiger charge is -2.25. The molecule has 136 valence electrons. The van der Waals surface area contributed by atoms with E-state index >= 15 is 0 Å². The van der Waals surface area contributed by atoms with Crippen molar-refractivity contribution in [1.29, 1.82) is 0 Å². The summed E-state index contributed by atoms with van der Waals surface area (Å²) in [6.07, 6.45) is 0.347. The zero-order valence-corrected chi connectivity index (χ0v) is 16.9. The number of carbonyl (C=O) groups excluding carboxylic acids is 1. The lowest BCUT2D eigenvalue weighted by molar-refractivity contribution is -0.118. The molecule has 0 N–H and O–H groups in total. The van der Waals surface area contributed by atoms with Crippen molar-refractivity contribution in [2.24, 2.45) is 10.9 Å². The largest absolute Gasteiger partial charge is 0.314 e. The number of nitrogens with zero attached hydrogens (tertiary/aromatic N) is 2. The number of fused-ring (bicyclic) bond motifs is 1. The van der Waals surface area contributed by atoms with Crippen molar-refractivity contribution in [2.45, 2.75) is 31.6 Å². The fourth-order valence-electron chi connectivity index (χ4n) is 3.02. The van der Waals surface area contributed by atoms with Gasteiger partial charge in [-0.3, -0.25) is 4.79 Å². The second kappa shape index (κ2) is 7.10. The molecule has 9 heteroatoms. The number of rotatable bonds is 3. The molecule has 1 aromatic carbocycles. The summed E-state index contributed by atoms with van der Waals surface area (Å²) in [5, 5.41) is 1.26. The van der Waals surface area contributed by atoms with Gasteiger partial charge in [-0.1, -0.05) is 48.8 Å². The Balaban J connectivity index is 2.01. The molecule has 5 nitrogen and oxygen atoms in total. The molecule has 2 aliphatic rings. The Morgan fingerprint density at radius 1 is 1.36 bits per heavy atom. The summed E-state index contributed by atoms with van der Waals surface area (Å²) in [4.78, 5) is 18.2. The van der Waals surface area contributed by atoms with Gasteiger partial charge >= 0.3 is 0 Å². The maximum absolute atomic E-state index is 12.2. The van der Waals surface area contributed by atoms with E-state index in [4.69, 9.17) is 23.2 Å². The first-order chi connectivity index (χ1) is 11.7. The second-order valence-corrected chi connectivity index (χ2v) is 10.9. The SMILES string of the molecule is CC(C)CC(=O)N=C1S[C@@H]2CS(=O)(=O)C[C@H]2N1c1ccc(Cl)cc1Cl. The van der Waals surface area contributed by atoms with Gasteiger partial charge in [0.25, 0.3) is 0 Å². The minimum Gasteiger partial charge on any atom is -0.314 e. The van der Waals surface area contributed by atoms with Crippen molar-refractivity contribution < 1.29 is 13.2 Å². The predicted molar refractivity (Wildman–Crippen MR) is 105 cm³/mol. The summed E-state index contributed by atoms with van der Waals surface area (Å²) in [5.41, 5.74) is 0.624. The number of hydrogen-bond donors (Lipinski definition) is 0. The van der Waals surface area contributed by atoms with Crippen LogP contribution >= 0.6 is 35.0 Å². The topological polar surface area (TPSA) is 66.8 Å². The van der Waals surface area contributed by atoms with E-state index in [0.29, 0.717) is 27.3 Å². The number of benzene rings is 1. The molecule has 0 radical (unpaired) electrons. The van der Waals surface area contributed by atoms with Crippen LogP contribution in [0.3, 0.4) is 0 Å². The smallest absolute Gasteiger partial charge is 0.248 e. The van der Waals surface area contributed by atoms with E-state index in [-0.39, 0.29) is 34.6 Å². The van der Waals surface area contributed by atoms with Crippen LogP contribution in [0.2, 0.25) is 10.0 Å². The van der Waals surface area contributed by atoms with E-state index < -0.39 is 9.84 Å². The van der Waals surface area contributed by atoms with Crippen molar-refractivity contribution in [3.63, 3.8) is 0 Å². The normalized spacial score (nSPS) is 26.4. The fraction of sp³-hybridized carbons (Fsp3) is 0.500. The summed E-state index contributed by atoms with van der Waals surface area (Å²) >= 11 is 13.6. The highest BCUT2D eigenvalue weighted by Gasteiger charge is 2.49. The highest BCUT2D eigenvalue weighted by Crippen LogP contribution is 2.43. The third-order valence-electron chi connectivity index (χ3n) is 4.04. The number of thioether (sulfide) groups is 1. The van der Waals surface area contributed by atoms with Crippen LogP contribution in [0.1, 0.15) is 20.3 Å². The summed E-state index contributed by atoms with van der Waals surface area (Å²) in [6.45, 7) is 3.91. The third kappa shape index (κ3) is 4.15. The van der Waals surface area contributed by atoms with Gasteiger partial charge in [-0.2, -0.15) is 4.99 Å². The summed E-state index contributed by atoms with van der Waals surface area (Å²) in [6, 6.07) is 4.76. The van der Waals surface area contributed by atoms with Gasteiger partial charge in [-0.15, -0.1) is 0 Å². The number of halogens is 2. The zero-order chi connectivity index (χ0) is 18.4. The number of hydrogen-bond acceptors (Lipinski definition) is 4. The van der Waals surface area contributed by atoms with Gasteiger partial charge in [0.15, 0.2) is 15.0 Å². The number of aliphatic imine (C=N–C) groups is 1. The Bertz CT molecular complexity index is 840. The molecule has 3 rings (SSSR count). The van der Waals surface area contributed by atoms with Crippen LogP contribution in [-0.2, 0) is 14.6 Å². The molecule has 1 amide bonds. The number of anilines is 1. The van der Waals surface area contributed by atoms with Crippen molar-refractivity contribution >= 4 is 61.6 Å². The van der Waals surface area contributed by atoms with Gasteiger partial charge in [0.05, 0.1) is 28.3 Å². The van der Waals surface area contributed by atoms with Gasteiger partial charge in [0, 0.05) is 16.7 Å². The molecule has 2 fully saturated rings. The maximum atomic E-state index is 12.2. The van der Waals surface area contributed by atoms with Gasteiger partial charge in [0.2, 0.25) is 5.91 Å². The third-order valence-corrected chi connectivity index (χ3v) is 7.79. The van der Waals surface area contributed by atoms with Crippen LogP contribution in [0.15, 0.2) is 23.2 Å². The highest BCUT2D eigenvalue weighted by atomic mass is 35.5. The lowest BCUT2D eigenvalue weighted by Crippen LogP contribution is -2.38. The number of carbonyl (C=O) groups is 1. The van der Waals surface area contributed by atoms with Crippen LogP contribution in [0.4, 0.5) is 5.69 Å². The van der Waals surface area contributed by atoms with Gasteiger partial charge < -0.3 is 4.90 Å². The highest BCUT2D eigenvalue weighted by molar-refractivity contribution is 8.16. The molecule has 0 unspecified atom stereocenters. The van der Waals surface area contributed by atoms with Crippen LogP contribution in [0.5, 0.6) is 0 Å². The molecule has 25 heavy (non-hydrogen) atoms. The number of amidine groups is 1. The first-order valence-corrected chi connectivity index (χ1v) is 11.3. The van der Waals surface area contributed by atoms with Crippen molar-refractivity contribution in [2.75, 3.05) is 16.4 Å². The molecule has 2 aliphatic heterocycles. The quantitative estimate of drug-likeness (QED) is 0.746. The average molecular weight is 421 g/mol. The molecule has 2 heterocycles. The van der Waals surface area contributed by atoms with Crippen LogP contribution < -0.4 is 4.90 Å². The Labute approximate surface area is 161 Å². The second-order valence-electron chi connectivity index (χ2n) is 6.65. The maximum Gasteiger partial charge on any atom is 0.248 e. The molecule has 2 saturated heterocycles. The molecule has 0 aliphatic carbocycles. The van der Waals surface area contributed by atoms with E-state index in [1.165, 1.54) is 11.8 Å². The monoisotopic (exact) mass is 420 g/mol. The molecule has 0 saturated carbocycles. The van der Waals surface area contributed by atoms with Crippen LogP contribution in [0, 0.1) is 5.92 Å². The first kappa shape index (κ1) is 19.0. The number of amides is 1. The van der Waals surface area contributed by atoms with E-state index in [9.17, 15) is 13.2 Å². The van der Waals surface area contributed by atoms with E-state index in [1.807, 2.05) is 13.8 Å². The minimum atomic E-state index is -3.11. The molecule has 0 bridgehead atoms. The lowest BCUT2D eigenvalue weighted by atomic mass is 10.1. The van der Waals surface area contributed by atoms with Crippen molar-refractivity contribution in [3.05, 3.63) is 28.2 Å². The first-order valence-electron chi connectivity index (χ1n) is 7.89. The van der Waals surface area contributed by atoms with Crippen molar-refractivity contribution in [3.8, 4) is 0 Å². The van der Waals surface area contributed by atoms with E-state index in [2.05, 4.69) is 4.99 Å². The fourth-order valence-corrected chi connectivity index (χ4v) is 7.45. The molecule has 1 aromatic rings. The molecule has 0 spiro atoms. The van der Waals surface area contributed by atoms with Gasteiger partial charge in [0.1, 0.15) is 0 Å². The Morgan fingerprint density at radius 2 is 2.08 bits per heavy atom. The molecular formula is C16H18Cl2N2O3S2. The van der Waals surface area contributed by atoms with Crippen LogP contribution in [0.25, 0.3) is 0 Å². The van der Waals surface area contributed by atoms with Gasteiger partial charge in [-0.25, -0.2) is 8.42 Å². The standard InChI is InChI=1S/C16H18Cl2N2O3S2/c1-9(2)5-15(21)19-16-20(12-4-3-10(17)6-11(12)18)13-7-25(22,23)8-14(13)24-16/h3-4,6,9,13-14H,5,7-8H2,1-2H3/t13-,14-/m1/s1. The van der Waals surface area contributed by atoms with E-state index in [0.717, 1.165) is 0 Å². The predicted octanol–water partition coefficient (Wildman–Crippen LogP) is 3.64. The van der Waals surface area contributed by atoms with Gasteiger partial charge in [-0.05, 0) is 24.1 Å². The summed E-state index contributed by atoms with van der Waals surface area (Å²) in [5.74, 6) is 0.105. The molecule has 0 aromatic heterocycles. The Hall–Kier alpha value is -0.760. The summed E-state index contributed by atoms with van der Waals surface area (Å²) < 4.78 is 24.1. The number of sulfone groups is 1. The summed E-state index contributed by atoms with van der Waals surface area (Å²) in [7, 11) is -3.11. The molecular weight excluding hydrogens is 403 g/mol. The zero-order valence-electron chi connectivity index (χ0n) is 13.8. The van der Waals surface area contributed by atoms with Crippen LogP contribution in [-0.4, -0.2) is 42.3 Å². The Kier molecular flexibility index (Phi) is 5.40. The minimum absolute atomic E-state index is 0.0288. The average Bonchev–Trinajstić information content (AvgIpc) is 2.90. The van der Waals surface area contributed by atoms with E-state index in [1.54, 1.807) is 23.1 Å².